The van der Waals surface area contributed by atoms with Crippen molar-refractivity contribution < 1.29 is 22.7 Å². The number of nitrogens with zero attached hydrogens (tertiary/aromatic N) is 1. The summed E-state index contributed by atoms with van der Waals surface area (Å²) < 4.78 is 30.9. The van der Waals surface area contributed by atoms with Gasteiger partial charge in [-0.2, -0.15) is 0 Å². The monoisotopic (exact) mass is 429 g/mol. The van der Waals surface area contributed by atoms with Crippen LogP contribution in [0.2, 0.25) is 0 Å². The maximum absolute atomic E-state index is 13.0. The lowest BCUT2D eigenvalue weighted by molar-refractivity contribution is -0.107. The van der Waals surface area contributed by atoms with Gasteiger partial charge in [-0.3, -0.25) is 9.69 Å². The van der Waals surface area contributed by atoms with E-state index in [-0.39, 0.29) is 21.9 Å². The molecule has 7 heteroatoms. The zero-order chi connectivity index (χ0) is 22.1. The van der Waals surface area contributed by atoms with Gasteiger partial charge in [-0.25, -0.2) is 13.2 Å². The fourth-order valence-electron chi connectivity index (χ4n) is 2.97. The summed E-state index contributed by atoms with van der Waals surface area (Å²) in [4.78, 5) is 25.6. The number of allylic oxidation sites excluding steroid dienone is 1. The van der Waals surface area contributed by atoms with E-state index in [2.05, 4.69) is 0 Å². The number of ether oxygens (including phenoxy) is 1. The van der Waals surface area contributed by atoms with Gasteiger partial charge in [-0.1, -0.05) is 55.7 Å². The molecule has 0 saturated heterocycles. The highest BCUT2D eigenvalue weighted by molar-refractivity contribution is 7.91. The quantitative estimate of drug-likeness (QED) is 0.320. The molecule has 0 radical (unpaired) electrons. The number of carbonyl (C=O) groups is 2. The molecule has 0 spiro atoms. The van der Waals surface area contributed by atoms with Crippen LogP contribution in [0, 0.1) is 6.92 Å². The van der Waals surface area contributed by atoms with E-state index >= 15 is 0 Å². The molecule has 0 N–H and O–H groups in total. The van der Waals surface area contributed by atoms with Gasteiger partial charge < -0.3 is 4.74 Å². The molecule has 0 unspecified atom stereocenters. The molecule has 0 atom stereocenters. The fourth-order valence-corrected chi connectivity index (χ4v) is 4.33. The standard InChI is InChI=1S/C23H27NO5S/c1-4-5-6-9-19(16-30(27,28)20-14-12-18(2)13-15-20)24(17-25)22-11-8-7-10-21(22)23(26)29-3/h7-15,17H,4-6,16H2,1-3H3/b19-9+. The molecule has 0 fully saturated rings. The van der Waals surface area contributed by atoms with Crippen molar-refractivity contribution in [1.29, 1.82) is 0 Å². The normalized spacial score (nSPS) is 11.8. The van der Waals surface area contributed by atoms with Gasteiger partial charge in [0.1, 0.15) is 0 Å². The number of benzene rings is 2. The molecule has 160 valence electrons. The summed E-state index contributed by atoms with van der Waals surface area (Å²) >= 11 is 0. The van der Waals surface area contributed by atoms with E-state index in [9.17, 15) is 18.0 Å². The number of esters is 1. The molecule has 0 bridgehead atoms. The Hall–Kier alpha value is -2.93. The molecular weight excluding hydrogens is 402 g/mol. The zero-order valence-corrected chi connectivity index (χ0v) is 18.3. The van der Waals surface area contributed by atoms with E-state index in [1.807, 2.05) is 13.8 Å². The van der Waals surface area contributed by atoms with Gasteiger partial charge in [0.05, 0.1) is 29.0 Å². The Morgan fingerprint density at radius 3 is 2.37 bits per heavy atom. The summed E-state index contributed by atoms with van der Waals surface area (Å²) in [5.74, 6) is -0.972. The van der Waals surface area contributed by atoms with Crippen molar-refractivity contribution >= 4 is 27.9 Å². The van der Waals surface area contributed by atoms with Crippen LogP contribution in [-0.2, 0) is 19.4 Å². The first-order valence-corrected chi connectivity index (χ1v) is 11.4. The summed E-state index contributed by atoms with van der Waals surface area (Å²) in [5.41, 5.74) is 1.71. The first kappa shape index (κ1) is 23.3. The average molecular weight is 430 g/mol. The lowest BCUT2D eigenvalue weighted by Gasteiger charge is -2.23. The first-order valence-electron chi connectivity index (χ1n) is 9.74. The molecule has 0 aliphatic rings. The predicted molar refractivity (Wildman–Crippen MR) is 117 cm³/mol. The Morgan fingerprint density at radius 2 is 1.77 bits per heavy atom. The summed E-state index contributed by atoms with van der Waals surface area (Å²) in [6.07, 6.45) is 4.66. The Morgan fingerprint density at radius 1 is 1.10 bits per heavy atom. The van der Waals surface area contributed by atoms with Gasteiger partial charge >= 0.3 is 5.97 Å². The molecule has 0 saturated carbocycles. The van der Waals surface area contributed by atoms with E-state index in [0.29, 0.717) is 18.5 Å². The van der Waals surface area contributed by atoms with Crippen molar-refractivity contribution in [1.82, 2.24) is 0 Å². The number of hydrogen-bond donors (Lipinski definition) is 0. The highest BCUT2D eigenvalue weighted by Crippen LogP contribution is 2.26. The van der Waals surface area contributed by atoms with Crippen LogP contribution in [-0.4, -0.2) is 33.7 Å². The average Bonchev–Trinajstić information content (AvgIpc) is 2.74. The van der Waals surface area contributed by atoms with Gasteiger partial charge in [0, 0.05) is 5.70 Å². The first-order chi connectivity index (χ1) is 14.3. The number of methoxy groups -OCH3 is 1. The lowest BCUT2D eigenvalue weighted by Crippen LogP contribution is -2.28. The van der Waals surface area contributed by atoms with Crippen molar-refractivity contribution in [3.05, 3.63) is 71.4 Å². The van der Waals surface area contributed by atoms with Gasteiger partial charge in [0.25, 0.3) is 0 Å². The molecule has 1 amide bonds. The fraction of sp³-hybridized carbons (Fsp3) is 0.304. The number of hydrogen-bond acceptors (Lipinski definition) is 5. The number of carbonyl (C=O) groups excluding carboxylic acids is 2. The number of rotatable bonds is 10. The third kappa shape index (κ3) is 5.79. The van der Waals surface area contributed by atoms with Crippen LogP contribution in [0.15, 0.2) is 65.2 Å². The Labute approximate surface area is 178 Å². The molecule has 2 aromatic rings. The van der Waals surface area contributed by atoms with Gasteiger partial charge in [-0.05, 0) is 37.6 Å². The van der Waals surface area contributed by atoms with Crippen molar-refractivity contribution in [2.75, 3.05) is 17.8 Å². The van der Waals surface area contributed by atoms with Crippen LogP contribution in [0.4, 0.5) is 5.69 Å². The Kier molecular flexibility index (Phi) is 8.35. The van der Waals surface area contributed by atoms with E-state index in [1.165, 1.54) is 18.1 Å². The van der Waals surface area contributed by atoms with Crippen LogP contribution >= 0.6 is 0 Å². The summed E-state index contributed by atoms with van der Waals surface area (Å²) in [6, 6.07) is 13.0. The Bertz CT molecular complexity index is 1010. The van der Waals surface area contributed by atoms with Crippen LogP contribution in [0.5, 0.6) is 0 Å². The maximum Gasteiger partial charge on any atom is 0.339 e. The molecule has 2 rings (SSSR count). The van der Waals surface area contributed by atoms with Crippen molar-refractivity contribution in [2.45, 2.75) is 38.0 Å². The van der Waals surface area contributed by atoms with Crippen molar-refractivity contribution in [2.24, 2.45) is 0 Å². The number of aryl methyl sites for hydroxylation is 1. The largest absolute Gasteiger partial charge is 0.465 e. The molecule has 30 heavy (non-hydrogen) atoms. The van der Waals surface area contributed by atoms with E-state index in [0.717, 1.165) is 18.4 Å². The SMILES string of the molecule is CCCC/C=C(\CS(=O)(=O)c1ccc(C)cc1)N(C=O)c1ccccc1C(=O)OC. The minimum Gasteiger partial charge on any atom is -0.465 e. The lowest BCUT2D eigenvalue weighted by atomic mass is 10.1. The number of anilines is 1. The second-order valence-corrected chi connectivity index (χ2v) is 8.88. The second kappa shape index (κ2) is 10.7. The molecular formula is C23H27NO5S. The highest BCUT2D eigenvalue weighted by atomic mass is 32.2. The molecule has 0 heterocycles. The zero-order valence-electron chi connectivity index (χ0n) is 17.5. The molecule has 6 nitrogen and oxygen atoms in total. The van der Waals surface area contributed by atoms with E-state index in [4.69, 9.17) is 4.74 Å². The molecule has 0 aliphatic heterocycles. The second-order valence-electron chi connectivity index (χ2n) is 6.89. The van der Waals surface area contributed by atoms with E-state index < -0.39 is 15.8 Å². The number of para-hydroxylation sites is 1. The minimum atomic E-state index is -3.70. The summed E-state index contributed by atoms with van der Waals surface area (Å²) in [7, 11) is -2.45. The topological polar surface area (TPSA) is 80.8 Å². The molecule has 0 aliphatic carbocycles. The number of amides is 1. The number of unbranched alkanes of at least 4 members (excludes halogenated alkanes) is 2. The molecule has 0 aromatic heterocycles. The predicted octanol–water partition coefficient (Wildman–Crippen LogP) is 4.29. The van der Waals surface area contributed by atoms with Crippen molar-refractivity contribution in [3.63, 3.8) is 0 Å². The summed E-state index contributed by atoms with van der Waals surface area (Å²) in [5, 5.41) is 0. The van der Waals surface area contributed by atoms with Crippen LogP contribution < -0.4 is 4.90 Å². The third-order valence-electron chi connectivity index (χ3n) is 4.64. The number of sulfone groups is 1. The molecule has 2 aromatic carbocycles. The van der Waals surface area contributed by atoms with Crippen molar-refractivity contribution in [3.8, 4) is 0 Å². The Balaban J connectivity index is 2.50. The van der Waals surface area contributed by atoms with Gasteiger partial charge in [0.15, 0.2) is 9.84 Å². The van der Waals surface area contributed by atoms with Gasteiger partial charge in [0.2, 0.25) is 6.41 Å². The smallest absolute Gasteiger partial charge is 0.339 e. The van der Waals surface area contributed by atoms with Crippen LogP contribution in [0.3, 0.4) is 0 Å². The van der Waals surface area contributed by atoms with Gasteiger partial charge in [-0.15, -0.1) is 0 Å². The summed E-state index contributed by atoms with van der Waals surface area (Å²) in [6.45, 7) is 3.91. The minimum absolute atomic E-state index is 0.182. The highest BCUT2D eigenvalue weighted by Gasteiger charge is 2.24. The van der Waals surface area contributed by atoms with Crippen LogP contribution in [0.25, 0.3) is 0 Å². The van der Waals surface area contributed by atoms with E-state index in [1.54, 1.807) is 48.5 Å². The van der Waals surface area contributed by atoms with Crippen LogP contribution in [0.1, 0.15) is 42.1 Å². The third-order valence-corrected chi connectivity index (χ3v) is 6.31. The maximum atomic E-state index is 13.0.